The molecule has 1 saturated carbocycles. The molecule has 0 aromatic heterocycles. The van der Waals surface area contributed by atoms with E-state index in [1.54, 1.807) is 0 Å². The maximum atomic E-state index is 12.6. The van der Waals surface area contributed by atoms with Gasteiger partial charge in [0.1, 0.15) is 5.75 Å². The Bertz CT molecular complexity index is 557. The summed E-state index contributed by atoms with van der Waals surface area (Å²) < 4.78 is 5.91. The van der Waals surface area contributed by atoms with E-state index in [-0.39, 0.29) is 23.7 Å². The molecule has 1 unspecified atom stereocenters. The van der Waals surface area contributed by atoms with E-state index in [9.17, 15) is 4.79 Å². The average molecular weight is 367 g/mol. The van der Waals surface area contributed by atoms with Crippen LogP contribution in [-0.4, -0.2) is 37.0 Å². The summed E-state index contributed by atoms with van der Waals surface area (Å²) in [6, 6.07) is 7.62. The van der Waals surface area contributed by atoms with Gasteiger partial charge in [-0.3, -0.25) is 4.79 Å². The normalized spacial score (nSPS) is 24.0. The highest BCUT2D eigenvalue weighted by Gasteiger charge is 2.35. The number of nitrogens with zero attached hydrogens (tertiary/aromatic N) is 1. The lowest BCUT2D eigenvalue weighted by atomic mass is 9.90. The van der Waals surface area contributed by atoms with E-state index in [0.29, 0.717) is 12.5 Å². The third-order valence-corrected chi connectivity index (χ3v) is 5.65. The molecule has 1 saturated heterocycles. The van der Waals surface area contributed by atoms with Crippen molar-refractivity contribution in [2.24, 2.45) is 17.1 Å². The number of likely N-dealkylation sites (tertiary alicyclic amines) is 1. The van der Waals surface area contributed by atoms with Crippen LogP contribution in [0.2, 0.25) is 0 Å². The Balaban J connectivity index is 0.00000225. The quantitative estimate of drug-likeness (QED) is 0.860. The van der Waals surface area contributed by atoms with Crippen LogP contribution in [0.4, 0.5) is 0 Å². The zero-order valence-electron chi connectivity index (χ0n) is 15.2. The summed E-state index contributed by atoms with van der Waals surface area (Å²) >= 11 is 0. The van der Waals surface area contributed by atoms with Gasteiger partial charge in [-0.2, -0.15) is 0 Å². The van der Waals surface area contributed by atoms with Crippen LogP contribution in [0.5, 0.6) is 5.75 Å². The van der Waals surface area contributed by atoms with Crippen LogP contribution in [0.25, 0.3) is 0 Å². The predicted octanol–water partition coefficient (Wildman–Crippen LogP) is 3.88. The van der Waals surface area contributed by atoms with Crippen molar-refractivity contribution in [2.75, 3.05) is 26.2 Å². The fourth-order valence-electron chi connectivity index (χ4n) is 3.81. The van der Waals surface area contributed by atoms with Crippen LogP contribution < -0.4 is 10.5 Å². The van der Waals surface area contributed by atoms with Crippen molar-refractivity contribution in [1.82, 2.24) is 4.90 Å². The minimum absolute atomic E-state index is 0. The van der Waals surface area contributed by atoms with Crippen LogP contribution in [0.3, 0.4) is 0 Å². The summed E-state index contributed by atoms with van der Waals surface area (Å²) in [6.07, 6.45) is 7.58. The Labute approximate surface area is 157 Å². The van der Waals surface area contributed by atoms with Gasteiger partial charge in [-0.25, -0.2) is 0 Å². The third kappa shape index (κ3) is 5.11. The number of carbonyl (C=O) groups is 1. The second-order valence-electron chi connectivity index (χ2n) is 7.83. The van der Waals surface area contributed by atoms with Crippen molar-refractivity contribution < 1.29 is 9.53 Å². The number of hydrogen-bond acceptors (Lipinski definition) is 3. The van der Waals surface area contributed by atoms with Crippen molar-refractivity contribution in [1.29, 1.82) is 0 Å². The van der Waals surface area contributed by atoms with Crippen LogP contribution in [0, 0.1) is 11.3 Å². The molecule has 1 heterocycles. The molecule has 3 rings (SSSR count). The lowest BCUT2D eigenvalue weighted by molar-refractivity contribution is 0.0777. The van der Waals surface area contributed by atoms with Gasteiger partial charge in [-0.05, 0) is 61.4 Å². The van der Waals surface area contributed by atoms with Gasteiger partial charge in [0.15, 0.2) is 0 Å². The van der Waals surface area contributed by atoms with Crippen LogP contribution in [0.15, 0.2) is 24.3 Å². The van der Waals surface area contributed by atoms with Crippen molar-refractivity contribution in [3.63, 3.8) is 0 Å². The fraction of sp³-hybridized carbons (Fsp3) is 0.650. The first-order chi connectivity index (χ1) is 11.6. The second kappa shape index (κ2) is 8.91. The number of nitrogens with two attached hydrogens (primary N) is 1. The zero-order chi connectivity index (χ0) is 17.0. The van der Waals surface area contributed by atoms with Crippen LogP contribution in [-0.2, 0) is 0 Å². The number of ether oxygens (including phenoxy) is 1. The highest BCUT2D eigenvalue weighted by atomic mass is 35.5. The molecule has 2 fully saturated rings. The zero-order valence-corrected chi connectivity index (χ0v) is 16.0. The number of rotatable bonds is 5. The number of carbonyl (C=O) groups excluding carboxylic acids is 1. The maximum absolute atomic E-state index is 12.6. The van der Waals surface area contributed by atoms with E-state index in [0.717, 1.165) is 37.4 Å². The summed E-state index contributed by atoms with van der Waals surface area (Å²) in [5, 5.41) is 0. The van der Waals surface area contributed by atoms with Crippen molar-refractivity contribution >= 4 is 18.3 Å². The molecule has 4 nitrogen and oxygen atoms in total. The summed E-state index contributed by atoms with van der Waals surface area (Å²) in [4.78, 5) is 14.5. The number of halogens is 1. The fourth-order valence-corrected chi connectivity index (χ4v) is 3.81. The molecule has 0 bridgehead atoms. The first-order valence-electron chi connectivity index (χ1n) is 9.32. The van der Waals surface area contributed by atoms with Gasteiger partial charge in [-0.15, -0.1) is 12.4 Å². The molecule has 2 N–H and O–H groups in total. The Morgan fingerprint density at radius 1 is 1.24 bits per heavy atom. The molecule has 140 valence electrons. The highest BCUT2D eigenvalue weighted by Crippen LogP contribution is 2.30. The summed E-state index contributed by atoms with van der Waals surface area (Å²) in [7, 11) is 0. The summed E-state index contributed by atoms with van der Waals surface area (Å²) in [5.41, 5.74) is 6.63. The molecule has 1 aliphatic carbocycles. The molecule has 0 spiro atoms. The van der Waals surface area contributed by atoms with Gasteiger partial charge in [0.25, 0.3) is 5.91 Å². The van der Waals surface area contributed by atoms with Gasteiger partial charge in [0.05, 0.1) is 6.61 Å². The van der Waals surface area contributed by atoms with E-state index in [2.05, 4.69) is 6.92 Å². The molecular weight excluding hydrogens is 336 g/mol. The first kappa shape index (κ1) is 20.1. The molecule has 1 aliphatic heterocycles. The molecule has 0 radical (unpaired) electrons. The van der Waals surface area contributed by atoms with E-state index < -0.39 is 0 Å². The number of benzene rings is 1. The molecule has 25 heavy (non-hydrogen) atoms. The van der Waals surface area contributed by atoms with Crippen molar-refractivity contribution in [2.45, 2.75) is 45.4 Å². The van der Waals surface area contributed by atoms with Crippen LogP contribution in [0.1, 0.15) is 55.8 Å². The first-order valence-corrected chi connectivity index (χ1v) is 9.32. The molecule has 2 aliphatic rings. The molecule has 5 heteroatoms. The van der Waals surface area contributed by atoms with E-state index in [4.69, 9.17) is 10.5 Å². The topological polar surface area (TPSA) is 55.6 Å². The van der Waals surface area contributed by atoms with Gasteiger partial charge >= 0.3 is 0 Å². The number of hydrogen-bond donors (Lipinski definition) is 1. The number of amides is 1. The minimum Gasteiger partial charge on any atom is -0.493 e. The van der Waals surface area contributed by atoms with Gasteiger partial charge in [0, 0.05) is 18.7 Å². The highest BCUT2D eigenvalue weighted by molar-refractivity contribution is 5.94. The minimum atomic E-state index is 0. The molecule has 1 aromatic carbocycles. The second-order valence-corrected chi connectivity index (χ2v) is 7.83. The summed E-state index contributed by atoms with van der Waals surface area (Å²) in [6.45, 7) is 5.14. The largest absolute Gasteiger partial charge is 0.493 e. The predicted molar refractivity (Wildman–Crippen MR) is 103 cm³/mol. The average Bonchev–Trinajstić information content (AvgIpc) is 3.04. The monoisotopic (exact) mass is 366 g/mol. The van der Waals surface area contributed by atoms with Gasteiger partial charge in [0.2, 0.25) is 0 Å². The lowest BCUT2D eigenvalue weighted by Gasteiger charge is -2.23. The Hall–Kier alpha value is -1.26. The Kier molecular flexibility index (Phi) is 7.14. The molecular formula is C20H31ClN2O2. The maximum Gasteiger partial charge on any atom is 0.253 e. The Morgan fingerprint density at radius 2 is 1.92 bits per heavy atom. The Morgan fingerprint density at radius 3 is 2.52 bits per heavy atom. The van der Waals surface area contributed by atoms with Gasteiger partial charge < -0.3 is 15.4 Å². The van der Waals surface area contributed by atoms with E-state index in [1.807, 2.05) is 29.2 Å². The molecule has 1 atom stereocenters. The molecule has 1 aromatic rings. The van der Waals surface area contributed by atoms with E-state index in [1.165, 1.54) is 32.1 Å². The summed E-state index contributed by atoms with van der Waals surface area (Å²) in [5.74, 6) is 1.66. The molecule has 1 amide bonds. The lowest BCUT2D eigenvalue weighted by Crippen LogP contribution is -2.34. The smallest absolute Gasteiger partial charge is 0.253 e. The van der Waals surface area contributed by atoms with Crippen LogP contribution >= 0.6 is 12.4 Å². The van der Waals surface area contributed by atoms with E-state index >= 15 is 0 Å². The van der Waals surface area contributed by atoms with Crippen molar-refractivity contribution in [3.05, 3.63) is 29.8 Å². The third-order valence-electron chi connectivity index (χ3n) is 5.65. The van der Waals surface area contributed by atoms with Crippen molar-refractivity contribution in [3.8, 4) is 5.75 Å². The van der Waals surface area contributed by atoms with Gasteiger partial charge in [-0.1, -0.05) is 26.2 Å². The standard InChI is InChI=1S/C20H30N2O2.ClH/c1-20(14-21)11-12-22(15-20)19(23)17-7-9-18(10-8-17)24-13-16-5-3-2-4-6-16;/h7-10,16H,2-6,11-15,21H2,1H3;1H. The SMILES string of the molecule is CC1(CN)CCN(C(=O)c2ccc(OCC3CCCCC3)cc2)C1.Cl.